The molecule has 0 saturated carbocycles. The van der Waals surface area contributed by atoms with Crippen LogP contribution < -0.4 is 0 Å². The third kappa shape index (κ3) is 4.42. The Morgan fingerprint density at radius 3 is 2.48 bits per heavy atom. The van der Waals surface area contributed by atoms with Gasteiger partial charge in [0.05, 0.1) is 12.7 Å². The SMILES string of the molecule is CC(C)N(C)C[C@H]1CCC2(CCN(C(=O)c3ccccc3)CC2)CO1. The van der Waals surface area contributed by atoms with Crippen LogP contribution >= 0.6 is 0 Å². The van der Waals surface area contributed by atoms with Gasteiger partial charge in [-0.15, -0.1) is 0 Å². The van der Waals surface area contributed by atoms with Crippen molar-refractivity contribution >= 4 is 5.91 Å². The van der Waals surface area contributed by atoms with E-state index in [9.17, 15) is 4.79 Å². The van der Waals surface area contributed by atoms with Gasteiger partial charge in [-0.1, -0.05) is 18.2 Å². The van der Waals surface area contributed by atoms with E-state index in [1.54, 1.807) is 0 Å². The van der Waals surface area contributed by atoms with Crippen molar-refractivity contribution in [2.45, 2.75) is 51.7 Å². The maximum absolute atomic E-state index is 12.6. The van der Waals surface area contributed by atoms with Gasteiger partial charge in [0.1, 0.15) is 0 Å². The summed E-state index contributed by atoms with van der Waals surface area (Å²) in [5, 5.41) is 0. The summed E-state index contributed by atoms with van der Waals surface area (Å²) >= 11 is 0. The van der Waals surface area contributed by atoms with E-state index in [1.807, 2.05) is 35.2 Å². The predicted molar refractivity (Wildman–Crippen MR) is 101 cm³/mol. The average molecular weight is 344 g/mol. The fourth-order valence-corrected chi connectivity index (χ4v) is 3.94. The average Bonchev–Trinajstić information content (AvgIpc) is 2.64. The van der Waals surface area contributed by atoms with Gasteiger partial charge in [-0.3, -0.25) is 4.79 Å². The van der Waals surface area contributed by atoms with Crippen molar-refractivity contribution in [2.75, 3.05) is 33.3 Å². The first-order valence-corrected chi connectivity index (χ1v) is 9.65. The van der Waals surface area contributed by atoms with Gasteiger partial charge in [0.2, 0.25) is 0 Å². The minimum atomic E-state index is 0.170. The molecule has 1 amide bonds. The fraction of sp³-hybridized carbons (Fsp3) is 0.667. The lowest BCUT2D eigenvalue weighted by atomic mass is 9.73. The van der Waals surface area contributed by atoms with Crippen LogP contribution in [0.5, 0.6) is 0 Å². The molecule has 0 aromatic heterocycles. The molecule has 0 bridgehead atoms. The topological polar surface area (TPSA) is 32.8 Å². The number of ether oxygens (including phenoxy) is 1. The number of benzene rings is 1. The number of piperidine rings is 1. The summed E-state index contributed by atoms with van der Waals surface area (Å²) in [6, 6.07) is 10.2. The van der Waals surface area contributed by atoms with Crippen molar-refractivity contribution < 1.29 is 9.53 Å². The first kappa shape index (κ1) is 18.4. The molecule has 0 aliphatic carbocycles. The van der Waals surface area contributed by atoms with E-state index in [2.05, 4.69) is 25.8 Å². The molecule has 1 atom stereocenters. The van der Waals surface area contributed by atoms with Crippen LogP contribution in [0.3, 0.4) is 0 Å². The highest BCUT2D eigenvalue weighted by atomic mass is 16.5. The van der Waals surface area contributed by atoms with Gasteiger partial charge >= 0.3 is 0 Å². The molecule has 1 spiro atoms. The molecule has 4 nitrogen and oxygen atoms in total. The van der Waals surface area contributed by atoms with E-state index in [4.69, 9.17) is 4.74 Å². The van der Waals surface area contributed by atoms with Crippen molar-refractivity contribution in [3.8, 4) is 0 Å². The highest BCUT2D eigenvalue weighted by Crippen LogP contribution is 2.40. The lowest BCUT2D eigenvalue weighted by Gasteiger charge is -2.46. The Morgan fingerprint density at radius 1 is 1.24 bits per heavy atom. The highest BCUT2D eigenvalue weighted by molar-refractivity contribution is 5.94. The quantitative estimate of drug-likeness (QED) is 0.839. The summed E-state index contributed by atoms with van der Waals surface area (Å²) in [5.74, 6) is 0.170. The molecule has 0 radical (unpaired) electrons. The van der Waals surface area contributed by atoms with E-state index in [0.29, 0.717) is 17.6 Å². The zero-order valence-electron chi connectivity index (χ0n) is 15.9. The molecule has 2 aliphatic heterocycles. The number of carbonyl (C=O) groups excluding carboxylic acids is 1. The molecule has 1 aromatic rings. The van der Waals surface area contributed by atoms with Crippen LogP contribution in [0.4, 0.5) is 0 Å². The van der Waals surface area contributed by atoms with E-state index in [0.717, 1.165) is 51.1 Å². The largest absolute Gasteiger partial charge is 0.376 e. The van der Waals surface area contributed by atoms with Crippen molar-refractivity contribution in [3.05, 3.63) is 35.9 Å². The van der Waals surface area contributed by atoms with E-state index in [-0.39, 0.29) is 5.91 Å². The highest BCUT2D eigenvalue weighted by Gasteiger charge is 2.40. The normalized spacial score (nSPS) is 23.4. The Hall–Kier alpha value is -1.39. The Bertz CT molecular complexity index is 555. The second kappa shape index (κ2) is 7.88. The van der Waals surface area contributed by atoms with E-state index >= 15 is 0 Å². The summed E-state index contributed by atoms with van der Waals surface area (Å²) < 4.78 is 6.23. The summed E-state index contributed by atoms with van der Waals surface area (Å²) in [6.45, 7) is 8.04. The predicted octanol–water partition coefficient (Wildman–Crippen LogP) is 3.43. The molecule has 0 N–H and O–H groups in total. The molecule has 4 heteroatoms. The Labute approximate surface area is 152 Å². The monoisotopic (exact) mass is 344 g/mol. The maximum atomic E-state index is 12.6. The van der Waals surface area contributed by atoms with Gasteiger partial charge in [0.15, 0.2) is 0 Å². The van der Waals surface area contributed by atoms with Gasteiger partial charge in [-0.25, -0.2) is 0 Å². The molecule has 2 heterocycles. The molecule has 2 aliphatic rings. The first-order valence-electron chi connectivity index (χ1n) is 9.65. The second-order valence-electron chi connectivity index (χ2n) is 8.16. The Kier molecular flexibility index (Phi) is 5.80. The molecular weight excluding hydrogens is 312 g/mol. The summed E-state index contributed by atoms with van der Waals surface area (Å²) in [7, 11) is 2.17. The lowest BCUT2D eigenvalue weighted by molar-refractivity contribution is -0.0915. The number of rotatable bonds is 4. The van der Waals surface area contributed by atoms with E-state index < -0.39 is 0 Å². The number of amides is 1. The second-order valence-corrected chi connectivity index (χ2v) is 8.16. The van der Waals surface area contributed by atoms with Crippen LogP contribution in [0.15, 0.2) is 30.3 Å². The van der Waals surface area contributed by atoms with Crippen LogP contribution in [0, 0.1) is 5.41 Å². The van der Waals surface area contributed by atoms with Crippen molar-refractivity contribution in [1.29, 1.82) is 0 Å². The molecule has 138 valence electrons. The minimum absolute atomic E-state index is 0.170. The maximum Gasteiger partial charge on any atom is 0.253 e. The van der Waals surface area contributed by atoms with Gasteiger partial charge in [0.25, 0.3) is 5.91 Å². The molecule has 1 aromatic carbocycles. The smallest absolute Gasteiger partial charge is 0.253 e. The standard InChI is InChI=1S/C21H32N2O2/c1-17(2)22(3)15-19-9-10-21(16-25-19)11-13-23(14-12-21)20(24)18-7-5-4-6-8-18/h4-8,17,19H,9-16H2,1-3H3/t19-/m1/s1. The molecular formula is C21H32N2O2. The molecule has 25 heavy (non-hydrogen) atoms. The number of nitrogens with zero attached hydrogens (tertiary/aromatic N) is 2. The zero-order valence-corrected chi connectivity index (χ0v) is 15.9. The molecule has 2 fully saturated rings. The van der Waals surface area contributed by atoms with Crippen molar-refractivity contribution in [2.24, 2.45) is 5.41 Å². The third-order valence-corrected chi connectivity index (χ3v) is 6.13. The van der Waals surface area contributed by atoms with Gasteiger partial charge in [-0.05, 0) is 64.1 Å². The Balaban J connectivity index is 1.49. The van der Waals surface area contributed by atoms with E-state index in [1.165, 1.54) is 6.42 Å². The zero-order chi connectivity index (χ0) is 17.9. The van der Waals surface area contributed by atoms with Crippen LogP contribution in [-0.4, -0.2) is 61.1 Å². The Morgan fingerprint density at radius 2 is 1.92 bits per heavy atom. The van der Waals surface area contributed by atoms with Crippen LogP contribution in [0.1, 0.15) is 49.9 Å². The third-order valence-electron chi connectivity index (χ3n) is 6.13. The summed E-state index contributed by atoms with van der Waals surface area (Å²) in [6.07, 6.45) is 4.87. The lowest BCUT2D eigenvalue weighted by Crippen LogP contribution is -2.49. The van der Waals surface area contributed by atoms with Gasteiger partial charge < -0.3 is 14.5 Å². The fourth-order valence-electron chi connectivity index (χ4n) is 3.94. The molecule has 2 saturated heterocycles. The number of likely N-dealkylation sites (tertiary alicyclic amines) is 1. The molecule has 3 rings (SSSR count). The first-order chi connectivity index (χ1) is 12.0. The number of hydrogen-bond donors (Lipinski definition) is 0. The van der Waals surface area contributed by atoms with Gasteiger partial charge in [-0.2, -0.15) is 0 Å². The number of hydrogen-bond acceptors (Lipinski definition) is 3. The summed E-state index contributed by atoms with van der Waals surface area (Å²) in [4.78, 5) is 17.0. The van der Waals surface area contributed by atoms with Gasteiger partial charge in [0, 0.05) is 31.2 Å². The van der Waals surface area contributed by atoms with Crippen LogP contribution in [0.25, 0.3) is 0 Å². The van der Waals surface area contributed by atoms with Crippen LogP contribution in [-0.2, 0) is 4.74 Å². The number of carbonyl (C=O) groups is 1. The minimum Gasteiger partial charge on any atom is -0.376 e. The summed E-state index contributed by atoms with van der Waals surface area (Å²) in [5.41, 5.74) is 1.09. The van der Waals surface area contributed by atoms with Crippen molar-refractivity contribution in [3.63, 3.8) is 0 Å². The van der Waals surface area contributed by atoms with Crippen molar-refractivity contribution in [1.82, 2.24) is 9.80 Å². The number of likely N-dealkylation sites (N-methyl/N-ethyl adjacent to an activating group) is 1. The van der Waals surface area contributed by atoms with Crippen LogP contribution in [0.2, 0.25) is 0 Å². The molecule has 0 unspecified atom stereocenters.